The van der Waals surface area contributed by atoms with Crippen LogP contribution in [0.15, 0.2) is 30.3 Å². The van der Waals surface area contributed by atoms with Crippen molar-refractivity contribution in [1.82, 2.24) is 15.5 Å². The van der Waals surface area contributed by atoms with Crippen molar-refractivity contribution in [3.8, 4) is 0 Å². The Bertz CT molecular complexity index is 1150. The first-order valence-corrected chi connectivity index (χ1v) is 19.7. The van der Waals surface area contributed by atoms with Gasteiger partial charge in [-0.15, -0.1) is 0 Å². The first-order valence-electron chi connectivity index (χ1n) is 17.8. The standard InChI is InChI=1S/C36H61N3O6S/c1-5-39(6-2)19-20-46(44,45)25-30(22-27-13-9-7-10-14-27)35(42)38-32(24-29-17-18-29)36(43)37-31(23-28-15-11-8-12-16-28)34(41)33(40)21-26(3)4/h7,9-10,13-14,26,28-34,40-41H,5-6,8,11-12,15-25H2,1-4H3,(H,37,43)(H,38,42)/t30?,31-,32-,33+,34-/m1/s1. The molecule has 46 heavy (non-hydrogen) atoms. The number of amides is 2. The Morgan fingerprint density at radius 1 is 0.891 bits per heavy atom. The maximum absolute atomic E-state index is 13.9. The molecule has 2 aliphatic carbocycles. The lowest BCUT2D eigenvalue weighted by molar-refractivity contribution is -0.132. The van der Waals surface area contributed by atoms with Gasteiger partial charge in [0.15, 0.2) is 9.84 Å². The normalized spacial score (nSPS) is 19.4. The van der Waals surface area contributed by atoms with Gasteiger partial charge in [0.1, 0.15) is 12.1 Å². The van der Waals surface area contributed by atoms with Gasteiger partial charge in [-0.05, 0) is 62.1 Å². The van der Waals surface area contributed by atoms with E-state index in [-0.39, 0.29) is 29.8 Å². The Hall–Kier alpha value is -2.01. The van der Waals surface area contributed by atoms with Crippen LogP contribution in [-0.2, 0) is 25.8 Å². The summed E-state index contributed by atoms with van der Waals surface area (Å²) in [5.41, 5.74) is 0.861. The third-order valence-corrected chi connectivity index (χ3v) is 11.5. The van der Waals surface area contributed by atoms with Crippen molar-refractivity contribution in [1.29, 1.82) is 0 Å². The Morgan fingerprint density at radius 3 is 2.11 bits per heavy atom. The smallest absolute Gasteiger partial charge is 0.242 e. The van der Waals surface area contributed by atoms with Gasteiger partial charge in [0.2, 0.25) is 11.8 Å². The molecule has 262 valence electrons. The lowest BCUT2D eigenvalue weighted by atomic mass is 9.82. The van der Waals surface area contributed by atoms with Gasteiger partial charge >= 0.3 is 0 Å². The molecule has 10 heteroatoms. The van der Waals surface area contributed by atoms with E-state index in [1.54, 1.807) is 0 Å². The Labute approximate surface area is 278 Å². The molecule has 2 fully saturated rings. The molecule has 1 aromatic rings. The highest BCUT2D eigenvalue weighted by molar-refractivity contribution is 7.91. The molecule has 1 aromatic carbocycles. The van der Waals surface area contributed by atoms with E-state index in [0.29, 0.717) is 37.6 Å². The zero-order valence-corrected chi connectivity index (χ0v) is 29.5. The second-order valence-corrected chi connectivity index (χ2v) is 16.5. The van der Waals surface area contributed by atoms with Gasteiger partial charge in [0.05, 0.1) is 29.6 Å². The first kappa shape index (κ1) is 38.4. The van der Waals surface area contributed by atoms with Crippen molar-refractivity contribution in [3.05, 3.63) is 35.9 Å². The number of aliphatic hydroxyl groups is 2. The van der Waals surface area contributed by atoms with Gasteiger partial charge in [0.25, 0.3) is 0 Å². The van der Waals surface area contributed by atoms with E-state index in [2.05, 4.69) is 15.5 Å². The first-order chi connectivity index (χ1) is 21.9. The van der Waals surface area contributed by atoms with Gasteiger partial charge in [0, 0.05) is 6.54 Å². The average Bonchev–Trinajstić information content (AvgIpc) is 3.85. The fraction of sp³-hybridized carbons (Fsp3) is 0.778. The van der Waals surface area contributed by atoms with E-state index in [1.165, 1.54) is 6.42 Å². The number of hydrogen-bond donors (Lipinski definition) is 4. The van der Waals surface area contributed by atoms with Crippen LogP contribution in [0, 0.1) is 23.7 Å². The quantitative estimate of drug-likeness (QED) is 0.156. The maximum Gasteiger partial charge on any atom is 0.242 e. The van der Waals surface area contributed by atoms with Crippen LogP contribution >= 0.6 is 0 Å². The minimum atomic E-state index is -3.56. The molecular formula is C36H61N3O6S. The molecule has 0 aromatic heterocycles. The largest absolute Gasteiger partial charge is 0.390 e. The van der Waals surface area contributed by atoms with E-state index >= 15 is 0 Å². The number of carbonyl (C=O) groups is 2. The van der Waals surface area contributed by atoms with Crippen molar-refractivity contribution in [2.45, 2.75) is 123 Å². The fourth-order valence-electron chi connectivity index (χ4n) is 6.77. The number of nitrogens with zero attached hydrogens (tertiary/aromatic N) is 1. The van der Waals surface area contributed by atoms with Crippen molar-refractivity contribution in [2.24, 2.45) is 23.7 Å². The van der Waals surface area contributed by atoms with Gasteiger partial charge < -0.3 is 25.7 Å². The molecule has 2 amide bonds. The molecule has 4 N–H and O–H groups in total. The van der Waals surface area contributed by atoms with Gasteiger partial charge in [-0.2, -0.15) is 0 Å². The monoisotopic (exact) mass is 663 g/mol. The highest BCUT2D eigenvalue weighted by Gasteiger charge is 2.37. The van der Waals surface area contributed by atoms with Crippen LogP contribution < -0.4 is 10.6 Å². The molecule has 9 nitrogen and oxygen atoms in total. The molecule has 1 unspecified atom stereocenters. The predicted molar refractivity (Wildman–Crippen MR) is 184 cm³/mol. The molecule has 5 atom stereocenters. The minimum Gasteiger partial charge on any atom is -0.390 e. The molecule has 0 radical (unpaired) electrons. The van der Waals surface area contributed by atoms with Crippen LogP contribution in [-0.4, -0.2) is 90.8 Å². The summed E-state index contributed by atoms with van der Waals surface area (Å²) in [5, 5.41) is 28.1. The van der Waals surface area contributed by atoms with Crippen molar-refractivity contribution >= 4 is 21.7 Å². The molecular weight excluding hydrogens is 602 g/mol. The van der Waals surface area contributed by atoms with E-state index in [4.69, 9.17) is 0 Å². The second-order valence-electron chi connectivity index (χ2n) is 14.3. The predicted octanol–water partition coefficient (Wildman–Crippen LogP) is 4.11. The maximum atomic E-state index is 13.9. The van der Waals surface area contributed by atoms with E-state index in [1.807, 2.05) is 58.0 Å². The SMILES string of the molecule is CCN(CC)CCS(=O)(=O)CC(Cc1ccccc1)C(=O)N[C@H](CC1CC1)C(=O)N[C@H](CC1CCCCC1)[C@@H](O)[C@@H](O)CC(C)C. The summed E-state index contributed by atoms with van der Waals surface area (Å²) in [7, 11) is -3.56. The van der Waals surface area contributed by atoms with E-state index in [9.17, 15) is 28.2 Å². The second kappa shape index (κ2) is 19.1. The van der Waals surface area contributed by atoms with Gasteiger partial charge in [-0.3, -0.25) is 9.59 Å². The summed E-state index contributed by atoms with van der Waals surface area (Å²) in [5.74, 6) is -1.14. The van der Waals surface area contributed by atoms with Crippen LogP contribution in [0.5, 0.6) is 0 Å². The van der Waals surface area contributed by atoms with Crippen molar-refractivity contribution in [3.63, 3.8) is 0 Å². The number of sulfone groups is 1. The topological polar surface area (TPSA) is 136 Å². The van der Waals surface area contributed by atoms with E-state index < -0.39 is 46.0 Å². The van der Waals surface area contributed by atoms with Crippen molar-refractivity contribution in [2.75, 3.05) is 31.1 Å². The van der Waals surface area contributed by atoms with E-state index in [0.717, 1.165) is 57.2 Å². The molecule has 2 aliphatic rings. The summed E-state index contributed by atoms with van der Waals surface area (Å²) < 4.78 is 26.6. The third kappa shape index (κ3) is 13.6. The number of benzene rings is 1. The van der Waals surface area contributed by atoms with Crippen LogP contribution in [0.2, 0.25) is 0 Å². The van der Waals surface area contributed by atoms with Crippen LogP contribution in [0.1, 0.15) is 97.5 Å². The highest BCUT2D eigenvalue weighted by atomic mass is 32.2. The minimum absolute atomic E-state index is 0.0291. The van der Waals surface area contributed by atoms with Crippen LogP contribution in [0.4, 0.5) is 0 Å². The molecule has 0 spiro atoms. The molecule has 0 bridgehead atoms. The number of rotatable bonds is 21. The molecule has 0 aliphatic heterocycles. The number of hydrogen-bond acceptors (Lipinski definition) is 7. The highest BCUT2D eigenvalue weighted by Crippen LogP contribution is 2.34. The molecule has 2 saturated carbocycles. The van der Waals surface area contributed by atoms with Crippen LogP contribution in [0.25, 0.3) is 0 Å². The lowest BCUT2D eigenvalue weighted by Crippen LogP contribution is -2.56. The summed E-state index contributed by atoms with van der Waals surface area (Å²) in [6.07, 6.45) is 7.08. The summed E-state index contributed by atoms with van der Waals surface area (Å²) in [4.78, 5) is 29.9. The molecule has 0 saturated heterocycles. The summed E-state index contributed by atoms with van der Waals surface area (Å²) in [6, 6.07) is 7.91. The Kier molecular flexibility index (Phi) is 16.0. The zero-order valence-electron chi connectivity index (χ0n) is 28.7. The van der Waals surface area contributed by atoms with Crippen LogP contribution in [0.3, 0.4) is 0 Å². The number of nitrogens with one attached hydrogen (secondary N) is 2. The number of carbonyl (C=O) groups excluding carboxylic acids is 2. The molecule has 0 heterocycles. The Balaban J connectivity index is 1.78. The summed E-state index contributed by atoms with van der Waals surface area (Å²) >= 11 is 0. The number of aliphatic hydroxyl groups excluding tert-OH is 2. The summed E-state index contributed by atoms with van der Waals surface area (Å²) in [6.45, 7) is 9.89. The van der Waals surface area contributed by atoms with Crippen molar-refractivity contribution < 1.29 is 28.2 Å². The average molecular weight is 664 g/mol. The fourth-order valence-corrected chi connectivity index (χ4v) is 8.36. The van der Waals surface area contributed by atoms with Gasteiger partial charge in [-0.25, -0.2) is 8.42 Å². The molecule has 3 rings (SSSR count). The lowest BCUT2D eigenvalue weighted by Gasteiger charge is -2.34. The zero-order chi connectivity index (χ0) is 33.7. The van der Waals surface area contributed by atoms with Gasteiger partial charge in [-0.1, -0.05) is 103 Å². The Morgan fingerprint density at radius 2 is 1.52 bits per heavy atom. The third-order valence-electron chi connectivity index (χ3n) is 9.82.